The van der Waals surface area contributed by atoms with Crippen LogP contribution in [0.3, 0.4) is 0 Å². The number of rotatable bonds is 4. The van der Waals surface area contributed by atoms with E-state index in [1.807, 2.05) is 12.1 Å². The first kappa shape index (κ1) is 29.1. The number of hydrogen-bond donors (Lipinski definition) is 0. The number of fused-ring (bicyclic) bond motifs is 9. The second-order valence-electron chi connectivity index (χ2n) is 15.0. The molecule has 1 heterocycles. The van der Waals surface area contributed by atoms with Crippen LogP contribution in [-0.4, -0.2) is 0 Å². The first-order valence-electron chi connectivity index (χ1n) is 17.6. The highest BCUT2D eigenvalue weighted by Crippen LogP contribution is 2.53. The molecule has 1 aromatic heterocycles. The van der Waals surface area contributed by atoms with E-state index in [9.17, 15) is 0 Å². The van der Waals surface area contributed by atoms with E-state index >= 15 is 0 Å². The van der Waals surface area contributed by atoms with E-state index in [0.717, 1.165) is 50.1 Å². The van der Waals surface area contributed by atoms with Gasteiger partial charge in [-0.25, -0.2) is 0 Å². The molecule has 0 spiro atoms. The highest BCUT2D eigenvalue weighted by molar-refractivity contribution is 6.09. The molecule has 0 aliphatic heterocycles. The Kier molecular flexibility index (Phi) is 6.01. The van der Waals surface area contributed by atoms with E-state index in [2.05, 4.69) is 172 Å². The monoisotopic (exact) mass is 643 g/mol. The van der Waals surface area contributed by atoms with Crippen LogP contribution in [0, 0.1) is 0 Å². The number of para-hydroxylation sites is 2. The zero-order valence-corrected chi connectivity index (χ0v) is 28.8. The number of benzene rings is 7. The number of nitrogens with zero attached hydrogens (tertiary/aromatic N) is 1. The van der Waals surface area contributed by atoms with Crippen molar-refractivity contribution in [1.82, 2.24) is 0 Å². The van der Waals surface area contributed by atoms with Gasteiger partial charge in [0.1, 0.15) is 11.2 Å². The Morgan fingerprint density at radius 3 is 1.72 bits per heavy atom. The summed E-state index contributed by atoms with van der Waals surface area (Å²) in [5.74, 6) is 0. The van der Waals surface area contributed by atoms with Crippen molar-refractivity contribution in [2.24, 2.45) is 0 Å². The van der Waals surface area contributed by atoms with Crippen molar-refractivity contribution in [2.75, 3.05) is 4.90 Å². The molecule has 240 valence electrons. The molecule has 0 saturated carbocycles. The smallest absolute Gasteiger partial charge is 0.143 e. The van der Waals surface area contributed by atoms with E-state index in [0.29, 0.717) is 0 Å². The topological polar surface area (TPSA) is 16.4 Å². The Bertz CT molecular complexity index is 2650. The maximum absolute atomic E-state index is 6.42. The fraction of sp³-hybridized carbons (Fsp3) is 0.125. The Morgan fingerprint density at radius 2 is 0.940 bits per heavy atom. The summed E-state index contributed by atoms with van der Waals surface area (Å²) < 4.78 is 6.42. The predicted molar refractivity (Wildman–Crippen MR) is 209 cm³/mol. The highest BCUT2D eigenvalue weighted by atomic mass is 16.3. The van der Waals surface area contributed by atoms with Gasteiger partial charge < -0.3 is 9.32 Å². The minimum absolute atomic E-state index is 0.0437. The van der Waals surface area contributed by atoms with Crippen LogP contribution in [0.2, 0.25) is 0 Å². The van der Waals surface area contributed by atoms with Gasteiger partial charge in [0.25, 0.3) is 0 Å². The molecular weight excluding hydrogens is 607 g/mol. The summed E-state index contributed by atoms with van der Waals surface area (Å²) in [6.45, 7) is 9.40. The fourth-order valence-electron chi connectivity index (χ4n) is 8.89. The Balaban J connectivity index is 1.14. The average Bonchev–Trinajstić information content (AvgIpc) is 3.72. The number of anilines is 3. The number of furan rings is 1. The summed E-state index contributed by atoms with van der Waals surface area (Å²) in [6, 6.07) is 55.6. The molecule has 0 radical (unpaired) electrons. The van der Waals surface area contributed by atoms with Gasteiger partial charge in [-0.05, 0) is 92.5 Å². The standard InChI is InChI=1S/C48H37NO/c1-47(2)42-18-9-6-13-36(42)40-28-32(25-27-43(40)47)49(33-24-26-37-35-12-5-8-17-41(35)48(3,4)44(37)29-33)31-22-20-30(21-23-31)34-15-11-16-39-38-14-7-10-19-45(38)50-46(34)39/h5-29H,1-4H3. The lowest BCUT2D eigenvalue weighted by Gasteiger charge is -2.29. The highest BCUT2D eigenvalue weighted by Gasteiger charge is 2.37. The average molecular weight is 644 g/mol. The van der Waals surface area contributed by atoms with Gasteiger partial charge in [0.2, 0.25) is 0 Å². The number of hydrogen-bond acceptors (Lipinski definition) is 2. The van der Waals surface area contributed by atoms with Gasteiger partial charge in [0, 0.05) is 44.2 Å². The molecule has 2 nitrogen and oxygen atoms in total. The Labute approximate surface area is 293 Å². The third kappa shape index (κ3) is 4.02. The molecule has 10 rings (SSSR count). The second kappa shape index (κ2) is 10.3. The Hall–Kier alpha value is -5.86. The SMILES string of the molecule is CC1(C)c2ccccc2-c2cc(N(c3ccc(-c4cccc5c4oc4ccccc45)cc3)c3ccc4c(c3)C(C)(C)c3ccccc3-4)ccc21. The van der Waals surface area contributed by atoms with Crippen LogP contribution < -0.4 is 4.90 Å². The maximum Gasteiger partial charge on any atom is 0.143 e. The molecule has 0 fully saturated rings. The molecule has 0 atom stereocenters. The first-order chi connectivity index (χ1) is 24.3. The maximum atomic E-state index is 6.42. The van der Waals surface area contributed by atoms with Crippen molar-refractivity contribution in [3.8, 4) is 33.4 Å². The molecular formula is C48H37NO. The van der Waals surface area contributed by atoms with Crippen molar-refractivity contribution < 1.29 is 4.42 Å². The Morgan fingerprint density at radius 1 is 0.400 bits per heavy atom. The molecule has 2 aliphatic rings. The van der Waals surface area contributed by atoms with Crippen LogP contribution in [0.15, 0.2) is 156 Å². The summed E-state index contributed by atoms with van der Waals surface area (Å²) in [5, 5.41) is 2.29. The van der Waals surface area contributed by atoms with Crippen LogP contribution in [0.25, 0.3) is 55.3 Å². The van der Waals surface area contributed by atoms with Crippen molar-refractivity contribution in [1.29, 1.82) is 0 Å². The molecule has 0 unspecified atom stereocenters. The van der Waals surface area contributed by atoms with Gasteiger partial charge in [-0.1, -0.05) is 137 Å². The summed E-state index contributed by atoms with van der Waals surface area (Å²) in [6.07, 6.45) is 0. The lowest BCUT2D eigenvalue weighted by Crippen LogP contribution is -2.17. The molecule has 2 aliphatic carbocycles. The zero-order valence-electron chi connectivity index (χ0n) is 28.8. The minimum Gasteiger partial charge on any atom is -0.455 e. The van der Waals surface area contributed by atoms with E-state index in [-0.39, 0.29) is 10.8 Å². The van der Waals surface area contributed by atoms with Crippen LogP contribution in [0.4, 0.5) is 17.1 Å². The van der Waals surface area contributed by atoms with Gasteiger partial charge in [0.05, 0.1) is 0 Å². The molecule has 8 aromatic rings. The molecule has 0 N–H and O–H groups in total. The summed E-state index contributed by atoms with van der Waals surface area (Å²) in [4.78, 5) is 2.43. The molecule has 0 amide bonds. The van der Waals surface area contributed by atoms with Crippen molar-refractivity contribution in [3.63, 3.8) is 0 Å². The van der Waals surface area contributed by atoms with Gasteiger partial charge in [-0.3, -0.25) is 0 Å². The second-order valence-corrected chi connectivity index (χ2v) is 15.0. The zero-order chi connectivity index (χ0) is 33.8. The van der Waals surface area contributed by atoms with Gasteiger partial charge in [-0.15, -0.1) is 0 Å². The molecule has 2 heteroatoms. The lowest BCUT2D eigenvalue weighted by molar-refractivity contribution is 0.660. The quantitative estimate of drug-likeness (QED) is 0.190. The van der Waals surface area contributed by atoms with Crippen molar-refractivity contribution >= 4 is 39.0 Å². The molecule has 0 saturated heterocycles. The van der Waals surface area contributed by atoms with Crippen LogP contribution in [-0.2, 0) is 10.8 Å². The van der Waals surface area contributed by atoms with E-state index in [1.165, 1.54) is 44.5 Å². The van der Waals surface area contributed by atoms with E-state index < -0.39 is 0 Å². The van der Waals surface area contributed by atoms with Gasteiger partial charge in [-0.2, -0.15) is 0 Å². The van der Waals surface area contributed by atoms with Crippen molar-refractivity contribution in [2.45, 2.75) is 38.5 Å². The normalized spacial score (nSPS) is 14.7. The van der Waals surface area contributed by atoms with Gasteiger partial charge >= 0.3 is 0 Å². The third-order valence-corrected chi connectivity index (χ3v) is 11.5. The van der Waals surface area contributed by atoms with E-state index in [1.54, 1.807) is 0 Å². The minimum atomic E-state index is -0.0936. The summed E-state index contributed by atoms with van der Waals surface area (Å²) >= 11 is 0. The van der Waals surface area contributed by atoms with Crippen LogP contribution in [0.5, 0.6) is 0 Å². The van der Waals surface area contributed by atoms with Crippen LogP contribution in [0.1, 0.15) is 49.9 Å². The van der Waals surface area contributed by atoms with Crippen LogP contribution >= 0.6 is 0 Å². The molecule has 0 bridgehead atoms. The molecule has 50 heavy (non-hydrogen) atoms. The summed E-state index contributed by atoms with van der Waals surface area (Å²) in [5.41, 5.74) is 18.2. The predicted octanol–water partition coefficient (Wildman–Crippen LogP) is 13.3. The lowest BCUT2D eigenvalue weighted by atomic mass is 9.82. The largest absolute Gasteiger partial charge is 0.455 e. The fourth-order valence-corrected chi connectivity index (χ4v) is 8.89. The van der Waals surface area contributed by atoms with E-state index in [4.69, 9.17) is 4.42 Å². The molecule has 7 aromatic carbocycles. The van der Waals surface area contributed by atoms with Gasteiger partial charge in [0.15, 0.2) is 0 Å². The first-order valence-corrected chi connectivity index (χ1v) is 17.6. The van der Waals surface area contributed by atoms with Crippen molar-refractivity contribution in [3.05, 3.63) is 174 Å². The summed E-state index contributed by atoms with van der Waals surface area (Å²) in [7, 11) is 0. The third-order valence-electron chi connectivity index (χ3n) is 11.5.